The van der Waals surface area contributed by atoms with Crippen LogP contribution in [0.1, 0.15) is 24.4 Å². The van der Waals surface area contributed by atoms with E-state index in [0.717, 1.165) is 23.9 Å². The standard InChI is InChI=1S/C11H16BrFN2/c1-15-6-2-3-11(14)9-7-8(12)4-5-10(9)13/h4-5,7,11,15H,2-3,6,14H2,1H3. The molecule has 2 nitrogen and oxygen atoms in total. The Kier molecular flexibility index (Phi) is 5.22. The smallest absolute Gasteiger partial charge is 0.128 e. The zero-order valence-corrected chi connectivity index (χ0v) is 10.3. The molecule has 0 fully saturated rings. The van der Waals surface area contributed by atoms with Crippen LogP contribution < -0.4 is 11.1 Å². The maximum Gasteiger partial charge on any atom is 0.128 e. The second-order valence-electron chi connectivity index (χ2n) is 3.52. The predicted molar refractivity (Wildman–Crippen MR) is 64.2 cm³/mol. The Morgan fingerprint density at radius 3 is 2.93 bits per heavy atom. The van der Waals surface area contributed by atoms with Crippen LogP contribution in [-0.2, 0) is 0 Å². The Morgan fingerprint density at radius 1 is 1.53 bits per heavy atom. The molecule has 3 N–H and O–H groups in total. The van der Waals surface area contributed by atoms with Crippen molar-refractivity contribution >= 4 is 15.9 Å². The van der Waals surface area contributed by atoms with Gasteiger partial charge in [-0.3, -0.25) is 0 Å². The molecular weight excluding hydrogens is 259 g/mol. The molecule has 0 aliphatic heterocycles. The summed E-state index contributed by atoms with van der Waals surface area (Å²) >= 11 is 3.31. The van der Waals surface area contributed by atoms with Crippen LogP contribution in [0, 0.1) is 5.82 Å². The van der Waals surface area contributed by atoms with Gasteiger partial charge in [-0.2, -0.15) is 0 Å². The molecule has 0 amide bonds. The summed E-state index contributed by atoms with van der Waals surface area (Å²) in [4.78, 5) is 0. The van der Waals surface area contributed by atoms with Crippen molar-refractivity contribution < 1.29 is 4.39 Å². The van der Waals surface area contributed by atoms with Gasteiger partial charge in [0, 0.05) is 16.1 Å². The zero-order chi connectivity index (χ0) is 11.3. The Morgan fingerprint density at radius 2 is 2.27 bits per heavy atom. The Balaban J connectivity index is 2.64. The highest BCUT2D eigenvalue weighted by Gasteiger charge is 2.11. The van der Waals surface area contributed by atoms with Crippen molar-refractivity contribution in [1.29, 1.82) is 0 Å². The lowest BCUT2D eigenvalue weighted by molar-refractivity contribution is 0.543. The maximum atomic E-state index is 13.4. The Hall–Kier alpha value is -0.450. The van der Waals surface area contributed by atoms with Gasteiger partial charge >= 0.3 is 0 Å². The second kappa shape index (κ2) is 6.20. The molecule has 84 valence electrons. The number of hydrogen-bond donors (Lipinski definition) is 2. The van der Waals surface area contributed by atoms with Crippen molar-refractivity contribution in [1.82, 2.24) is 5.32 Å². The van der Waals surface area contributed by atoms with Gasteiger partial charge in [0.1, 0.15) is 5.82 Å². The summed E-state index contributed by atoms with van der Waals surface area (Å²) in [6, 6.07) is 4.64. The van der Waals surface area contributed by atoms with E-state index in [1.54, 1.807) is 12.1 Å². The fourth-order valence-corrected chi connectivity index (χ4v) is 1.83. The molecular formula is C11H16BrFN2. The number of rotatable bonds is 5. The van der Waals surface area contributed by atoms with E-state index < -0.39 is 0 Å². The number of nitrogens with two attached hydrogens (primary N) is 1. The van der Waals surface area contributed by atoms with Gasteiger partial charge in [-0.1, -0.05) is 15.9 Å². The highest BCUT2D eigenvalue weighted by Crippen LogP contribution is 2.22. The summed E-state index contributed by atoms with van der Waals surface area (Å²) in [6.07, 6.45) is 1.73. The molecule has 0 aliphatic rings. The first-order chi connectivity index (χ1) is 7.15. The largest absolute Gasteiger partial charge is 0.324 e. The van der Waals surface area contributed by atoms with E-state index in [4.69, 9.17) is 5.73 Å². The van der Waals surface area contributed by atoms with Crippen LogP contribution in [0.4, 0.5) is 4.39 Å². The quantitative estimate of drug-likeness (QED) is 0.810. The average Bonchev–Trinajstić information content (AvgIpc) is 2.22. The molecule has 0 saturated heterocycles. The van der Waals surface area contributed by atoms with Gasteiger partial charge < -0.3 is 11.1 Å². The minimum atomic E-state index is -0.227. The van der Waals surface area contributed by atoms with E-state index in [1.165, 1.54) is 6.07 Å². The van der Waals surface area contributed by atoms with Crippen LogP contribution in [-0.4, -0.2) is 13.6 Å². The van der Waals surface area contributed by atoms with Crippen LogP contribution in [0.5, 0.6) is 0 Å². The third-order valence-electron chi connectivity index (χ3n) is 2.30. The van der Waals surface area contributed by atoms with Crippen molar-refractivity contribution in [2.24, 2.45) is 5.73 Å². The van der Waals surface area contributed by atoms with Gasteiger partial charge in [0.25, 0.3) is 0 Å². The molecule has 0 heterocycles. The lowest BCUT2D eigenvalue weighted by atomic mass is 10.0. The van der Waals surface area contributed by atoms with Crippen LogP contribution in [0.25, 0.3) is 0 Å². The molecule has 0 spiro atoms. The summed E-state index contributed by atoms with van der Waals surface area (Å²) in [5, 5.41) is 3.04. The number of hydrogen-bond acceptors (Lipinski definition) is 2. The minimum Gasteiger partial charge on any atom is -0.324 e. The third-order valence-corrected chi connectivity index (χ3v) is 2.79. The molecule has 0 radical (unpaired) electrons. The fraction of sp³-hybridized carbons (Fsp3) is 0.455. The minimum absolute atomic E-state index is 0.226. The van der Waals surface area contributed by atoms with Gasteiger partial charge in [0.05, 0.1) is 0 Å². The van der Waals surface area contributed by atoms with Crippen molar-refractivity contribution in [2.45, 2.75) is 18.9 Å². The molecule has 4 heteroatoms. The first-order valence-corrected chi connectivity index (χ1v) is 5.79. The van der Waals surface area contributed by atoms with Crippen molar-refractivity contribution in [3.63, 3.8) is 0 Å². The van der Waals surface area contributed by atoms with E-state index in [9.17, 15) is 4.39 Å². The van der Waals surface area contributed by atoms with Gasteiger partial charge in [0.15, 0.2) is 0 Å². The van der Waals surface area contributed by atoms with Crippen molar-refractivity contribution in [3.05, 3.63) is 34.1 Å². The molecule has 0 bridgehead atoms. The Bertz CT molecular complexity index is 317. The van der Waals surface area contributed by atoms with Gasteiger partial charge in [-0.05, 0) is 44.6 Å². The molecule has 1 unspecified atom stereocenters. The molecule has 1 atom stereocenters. The molecule has 0 aromatic heterocycles. The highest BCUT2D eigenvalue weighted by atomic mass is 79.9. The lowest BCUT2D eigenvalue weighted by Gasteiger charge is -2.13. The summed E-state index contributed by atoms with van der Waals surface area (Å²) < 4.78 is 14.3. The summed E-state index contributed by atoms with van der Waals surface area (Å²) in [7, 11) is 1.89. The lowest BCUT2D eigenvalue weighted by Crippen LogP contribution is -2.15. The Labute approximate surface area is 98.2 Å². The van der Waals surface area contributed by atoms with E-state index in [0.29, 0.717) is 5.56 Å². The molecule has 0 aliphatic carbocycles. The van der Waals surface area contributed by atoms with Gasteiger partial charge in [-0.25, -0.2) is 4.39 Å². The average molecular weight is 275 g/mol. The zero-order valence-electron chi connectivity index (χ0n) is 8.76. The second-order valence-corrected chi connectivity index (χ2v) is 4.43. The van der Waals surface area contributed by atoms with E-state index >= 15 is 0 Å². The first kappa shape index (κ1) is 12.6. The first-order valence-electron chi connectivity index (χ1n) is 5.00. The van der Waals surface area contributed by atoms with Crippen LogP contribution >= 0.6 is 15.9 Å². The molecule has 15 heavy (non-hydrogen) atoms. The monoisotopic (exact) mass is 274 g/mol. The van der Waals surface area contributed by atoms with Crippen LogP contribution in [0.2, 0.25) is 0 Å². The SMILES string of the molecule is CNCCCC(N)c1cc(Br)ccc1F. The fourth-order valence-electron chi connectivity index (χ4n) is 1.45. The molecule has 1 aromatic rings. The number of halogens is 2. The van der Waals surface area contributed by atoms with Crippen molar-refractivity contribution in [3.8, 4) is 0 Å². The third kappa shape index (κ3) is 3.89. The molecule has 0 saturated carbocycles. The van der Waals surface area contributed by atoms with Crippen LogP contribution in [0.15, 0.2) is 22.7 Å². The molecule has 1 aromatic carbocycles. The topological polar surface area (TPSA) is 38.0 Å². The summed E-state index contributed by atoms with van der Waals surface area (Å²) in [6.45, 7) is 0.906. The predicted octanol–water partition coefficient (Wildman–Crippen LogP) is 2.59. The van der Waals surface area contributed by atoms with Crippen LogP contribution in [0.3, 0.4) is 0 Å². The van der Waals surface area contributed by atoms with Gasteiger partial charge in [0.2, 0.25) is 0 Å². The number of nitrogens with one attached hydrogen (secondary N) is 1. The van der Waals surface area contributed by atoms with E-state index in [1.807, 2.05) is 7.05 Å². The van der Waals surface area contributed by atoms with E-state index in [-0.39, 0.29) is 11.9 Å². The summed E-state index contributed by atoms with van der Waals surface area (Å²) in [5.41, 5.74) is 6.50. The van der Waals surface area contributed by atoms with Crippen molar-refractivity contribution in [2.75, 3.05) is 13.6 Å². The normalized spacial score (nSPS) is 12.8. The van der Waals surface area contributed by atoms with Gasteiger partial charge in [-0.15, -0.1) is 0 Å². The number of benzene rings is 1. The summed E-state index contributed by atoms with van der Waals surface area (Å²) in [5.74, 6) is -0.227. The van der Waals surface area contributed by atoms with E-state index in [2.05, 4.69) is 21.2 Å². The molecule has 1 rings (SSSR count). The maximum absolute atomic E-state index is 13.4. The highest BCUT2D eigenvalue weighted by molar-refractivity contribution is 9.10.